The maximum absolute atomic E-state index is 5.18. The first-order valence-electron chi connectivity index (χ1n) is 3.98. The minimum Gasteiger partial charge on any atom is -0.464 e. The third kappa shape index (κ3) is 2.67. The van der Waals surface area contributed by atoms with Crippen molar-refractivity contribution in [2.45, 2.75) is 0 Å². The molecule has 2 nitrogen and oxygen atoms in total. The fourth-order valence-electron chi connectivity index (χ4n) is 0.951. The van der Waals surface area contributed by atoms with Gasteiger partial charge in [-0.05, 0) is 24.3 Å². The molecule has 0 saturated carbocycles. The Labute approximate surface area is 80.2 Å². The molecule has 0 saturated heterocycles. The van der Waals surface area contributed by atoms with Crippen LogP contribution < -0.4 is 0 Å². The highest BCUT2D eigenvalue weighted by molar-refractivity contribution is 7.15. The first-order chi connectivity index (χ1) is 6.47. The Kier molecular flexibility index (Phi) is 4.20. The van der Waals surface area contributed by atoms with Crippen LogP contribution >= 0.6 is 9.24 Å². The Morgan fingerprint density at radius 3 is 2.62 bits per heavy atom. The predicted molar refractivity (Wildman–Crippen MR) is 57.6 cm³/mol. The smallest absolute Gasteiger partial charge is 0.135 e. The molecule has 2 rings (SSSR count). The SMILES string of the molecule is CP.c1cncc(-c2ccco2)c1. The molecule has 1 atom stereocenters. The van der Waals surface area contributed by atoms with E-state index in [0.717, 1.165) is 11.3 Å². The van der Waals surface area contributed by atoms with Crippen LogP contribution in [-0.2, 0) is 0 Å². The van der Waals surface area contributed by atoms with E-state index in [0.29, 0.717) is 0 Å². The first-order valence-corrected chi connectivity index (χ1v) is 5.14. The standard InChI is InChI=1S/C9H7NO.CH5P/c1-3-8(7-10-5-1)9-4-2-6-11-9;1-2/h1-7H;2H2,1H3. The van der Waals surface area contributed by atoms with Gasteiger partial charge in [0, 0.05) is 18.0 Å². The van der Waals surface area contributed by atoms with Gasteiger partial charge < -0.3 is 4.42 Å². The highest BCUT2D eigenvalue weighted by atomic mass is 31.0. The van der Waals surface area contributed by atoms with Crippen molar-refractivity contribution in [2.75, 3.05) is 6.66 Å². The third-order valence-electron chi connectivity index (χ3n) is 1.47. The minimum absolute atomic E-state index is 0.859. The van der Waals surface area contributed by atoms with E-state index in [1.165, 1.54) is 0 Å². The summed E-state index contributed by atoms with van der Waals surface area (Å²) in [6, 6.07) is 7.63. The van der Waals surface area contributed by atoms with Gasteiger partial charge in [0.1, 0.15) is 5.76 Å². The number of aromatic nitrogens is 1. The number of hydrogen-bond acceptors (Lipinski definition) is 2. The summed E-state index contributed by atoms with van der Waals surface area (Å²) in [7, 11) is 2.42. The monoisotopic (exact) mass is 193 g/mol. The quantitative estimate of drug-likeness (QED) is 0.651. The zero-order valence-corrected chi connectivity index (χ0v) is 8.63. The van der Waals surface area contributed by atoms with Crippen molar-refractivity contribution in [3.63, 3.8) is 0 Å². The average Bonchev–Trinajstić information content (AvgIpc) is 2.75. The van der Waals surface area contributed by atoms with Crippen LogP contribution in [0.1, 0.15) is 0 Å². The molecule has 3 heteroatoms. The van der Waals surface area contributed by atoms with E-state index in [1.54, 1.807) is 18.7 Å². The van der Waals surface area contributed by atoms with Crippen LogP contribution in [0, 0.1) is 0 Å². The van der Waals surface area contributed by atoms with Crippen molar-refractivity contribution in [3.8, 4) is 11.3 Å². The molecular formula is C10H12NOP. The summed E-state index contributed by atoms with van der Waals surface area (Å²) in [6.07, 6.45) is 5.17. The molecule has 0 fully saturated rings. The van der Waals surface area contributed by atoms with E-state index in [4.69, 9.17) is 4.42 Å². The fourth-order valence-corrected chi connectivity index (χ4v) is 0.951. The summed E-state index contributed by atoms with van der Waals surface area (Å²) >= 11 is 0. The molecule has 0 spiro atoms. The van der Waals surface area contributed by atoms with Gasteiger partial charge in [-0.25, -0.2) is 0 Å². The number of pyridine rings is 1. The van der Waals surface area contributed by atoms with E-state index in [-0.39, 0.29) is 0 Å². The summed E-state index contributed by atoms with van der Waals surface area (Å²) in [5, 5.41) is 0. The van der Waals surface area contributed by atoms with Crippen LogP contribution in [0.5, 0.6) is 0 Å². The van der Waals surface area contributed by atoms with E-state index in [1.807, 2.05) is 30.9 Å². The molecule has 0 amide bonds. The zero-order valence-electron chi connectivity index (χ0n) is 7.47. The Bertz CT molecular complexity index is 318. The number of furan rings is 1. The zero-order chi connectivity index (χ0) is 9.52. The first kappa shape index (κ1) is 9.94. The highest BCUT2D eigenvalue weighted by Crippen LogP contribution is 2.17. The van der Waals surface area contributed by atoms with Gasteiger partial charge in [-0.1, -0.05) is 6.66 Å². The molecule has 0 bridgehead atoms. The molecular weight excluding hydrogens is 181 g/mol. The lowest BCUT2D eigenvalue weighted by atomic mass is 10.2. The molecule has 13 heavy (non-hydrogen) atoms. The molecule has 0 radical (unpaired) electrons. The summed E-state index contributed by atoms with van der Waals surface area (Å²) in [5.74, 6) is 0.859. The minimum atomic E-state index is 0.859. The Morgan fingerprint density at radius 2 is 2.08 bits per heavy atom. The van der Waals surface area contributed by atoms with Crippen molar-refractivity contribution in [3.05, 3.63) is 42.9 Å². The largest absolute Gasteiger partial charge is 0.464 e. The van der Waals surface area contributed by atoms with E-state index in [2.05, 4.69) is 14.2 Å². The van der Waals surface area contributed by atoms with Crippen LogP contribution in [0.3, 0.4) is 0 Å². The van der Waals surface area contributed by atoms with Crippen molar-refractivity contribution < 1.29 is 4.42 Å². The Balaban J connectivity index is 0.000000396. The Morgan fingerprint density at radius 1 is 1.23 bits per heavy atom. The van der Waals surface area contributed by atoms with Crippen molar-refractivity contribution in [1.29, 1.82) is 0 Å². The van der Waals surface area contributed by atoms with Gasteiger partial charge in [0.15, 0.2) is 0 Å². The molecule has 1 unspecified atom stereocenters. The lowest BCUT2D eigenvalue weighted by Gasteiger charge is -1.91. The second-order valence-corrected chi connectivity index (χ2v) is 2.22. The summed E-state index contributed by atoms with van der Waals surface area (Å²) in [4.78, 5) is 3.98. The van der Waals surface area contributed by atoms with Crippen molar-refractivity contribution >= 4 is 9.24 Å². The highest BCUT2D eigenvalue weighted by Gasteiger charge is 1.96. The van der Waals surface area contributed by atoms with Crippen LogP contribution in [0.25, 0.3) is 11.3 Å². The molecule has 0 aromatic carbocycles. The molecule has 0 aliphatic carbocycles. The fraction of sp³-hybridized carbons (Fsp3) is 0.100. The third-order valence-corrected chi connectivity index (χ3v) is 1.47. The van der Waals surface area contributed by atoms with Crippen molar-refractivity contribution in [1.82, 2.24) is 4.98 Å². The topological polar surface area (TPSA) is 26.0 Å². The van der Waals surface area contributed by atoms with E-state index in [9.17, 15) is 0 Å². The molecule has 68 valence electrons. The van der Waals surface area contributed by atoms with Gasteiger partial charge in [-0.15, -0.1) is 9.24 Å². The lowest BCUT2D eigenvalue weighted by molar-refractivity contribution is 0.582. The number of nitrogens with zero attached hydrogens (tertiary/aromatic N) is 1. The summed E-state index contributed by atoms with van der Waals surface area (Å²) < 4.78 is 5.18. The predicted octanol–water partition coefficient (Wildman–Crippen LogP) is 2.83. The van der Waals surface area contributed by atoms with Gasteiger partial charge in [-0.2, -0.15) is 0 Å². The molecule has 0 aliphatic heterocycles. The van der Waals surface area contributed by atoms with Gasteiger partial charge in [0.05, 0.1) is 6.26 Å². The summed E-state index contributed by atoms with van der Waals surface area (Å²) in [6.45, 7) is 1.92. The number of hydrogen-bond donors (Lipinski definition) is 0. The van der Waals surface area contributed by atoms with Gasteiger partial charge in [0.25, 0.3) is 0 Å². The van der Waals surface area contributed by atoms with Crippen LogP contribution in [0.15, 0.2) is 47.3 Å². The normalized spacial score (nSPS) is 8.77. The van der Waals surface area contributed by atoms with Gasteiger partial charge in [-0.3, -0.25) is 4.98 Å². The van der Waals surface area contributed by atoms with Crippen LogP contribution in [-0.4, -0.2) is 11.6 Å². The average molecular weight is 193 g/mol. The van der Waals surface area contributed by atoms with E-state index >= 15 is 0 Å². The van der Waals surface area contributed by atoms with E-state index < -0.39 is 0 Å². The Hall–Kier alpha value is -1.14. The maximum atomic E-state index is 5.18. The molecule has 2 aromatic heterocycles. The molecule has 2 heterocycles. The van der Waals surface area contributed by atoms with Crippen LogP contribution in [0.4, 0.5) is 0 Å². The van der Waals surface area contributed by atoms with Crippen LogP contribution in [0.2, 0.25) is 0 Å². The molecule has 2 aromatic rings. The number of rotatable bonds is 1. The second kappa shape index (κ2) is 5.50. The van der Waals surface area contributed by atoms with Gasteiger partial charge >= 0.3 is 0 Å². The summed E-state index contributed by atoms with van der Waals surface area (Å²) in [5.41, 5.74) is 1.01. The second-order valence-electron chi connectivity index (χ2n) is 2.22. The van der Waals surface area contributed by atoms with Crippen molar-refractivity contribution in [2.24, 2.45) is 0 Å². The lowest BCUT2D eigenvalue weighted by Crippen LogP contribution is -1.73. The molecule has 0 N–H and O–H groups in total. The molecule has 0 aliphatic rings. The maximum Gasteiger partial charge on any atom is 0.135 e. The van der Waals surface area contributed by atoms with Gasteiger partial charge in [0.2, 0.25) is 0 Å².